The largest absolute Gasteiger partial charge is 0.481 e. The highest BCUT2D eigenvalue weighted by molar-refractivity contribution is 7.89. The van der Waals surface area contributed by atoms with Crippen LogP contribution in [0, 0.1) is 0 Å². The third kappa shape index (κ3) is 3.34. The van der Waals surface area contributed by atoms with Gasteiger partial charge in [0.2, 0.25) is 15.9 Å². The smallest absolute Gasteiger partial charge is 0.242 e. The van der Waals surface area contributed by atoms with Crippen LogP contribution in [-0.2, 0) is 23.2 Å². The zero-order valence-electron chi connectivity index (χ0n) is 10.7. The van der Waals surface area contributed by atoms with E-state index in [1.54, 1.807) is 23.7 Å². The van der Waals surface area contributed by atoms with Crippen LogP contribution in [0.1, 0.15) is 10.4 Å². The number of aromatic nitrogens is 1. The third-order valence-corrected chi connectivity index (χ3v) is 5.13. The normalized spacial score (nSPS) is 11.5. The maximum absolute atomic E-state index is 12.1. The Hall–Kier alpha value is -1.48. The van der Waals surface area contributed by atoms with E-state index in [0.717, 1.165) is 5.56 Å². The van der Waals surface area contributed by atoms with Gasteiger partial charge < -0.3 is 9.84 Å². The molecule has 108 valence electrons. The second-order valence-electron chi connectivity index (χ2n) is 3.90. The first-order valence-electron chi connectivity index (χ1n) is 5.72. The number of rotatable bonds is 6. The average Bonchev–Trinajstić information content (AvgIpc) is 2.95. The standard InChI is InChI=1S/C12H14N2O4S2/c1-18-12-6-9(2-4-13-12)7-14-20(16,17)11-3-5-19-10(11)8-15/h2-6,14-15H,7-8H2,1H3. The molecule has 0 aliphatic rings. The highest BCUT2D eigenvalue weighted by atomic mass is 32.2. The molecule has 2 aromatic heterocycles. The number of pyridine rings is 1. The fourth-order valence-corrected chi connectivity index (χ4v) is 3.92. The minimum Gasteiger partial charge on any atom is -0.481 e. The second-order valence-corrected chi connectivity index (χ2v) is 6.63. The van der Waals surface area contributed by atoms with Gasteiger partial charge in [0, 0.05) is 23.7 Å². The number of ether oxygens (including phenoxy) is 1. The van der Waals surface area contributed by atoms with Crippen LogP contribution >= 0.6 is 11.3 Å². The summed E-state index contributed by atoms with van der Waals surface area (Å²) in [5.41, 5.74) is 0.737. The molecule has 0 amide bonds. The van der Waals surface area contributed by atoms with Crippen molar-refractivity contribution in [2.24, 2.45) is 0 Å². The number of nitrogens with zero attached hydrogens (tertiary/aromatic N) is 1. The van der Waals surface area contributed by atoms with Gasteiger partial charge in [-0.25, -0.2) is 18.1 Å². The van der Waals surface area contributed by atoms with Crippen LogP contribution in [0.25, 0.3) is 0 Å². The van der Waals surface area contributed by atoms with Gasteiger partial charge in [0.1, 0.15) is 0 Å². The molecule has 0 radical (unpaired) electrons. The first-order chi connectivity index (χ1) is 9.56. The summed E-state index contributed by atoms with van der Waals surface area (Å²) < 4.78 is 31.7. The molecule has 0 unspecified atom stereocenters. The summed E-state index contributed by atoms with van der Waals surface area (Å²) >= 11 is 1.20. The molecule has 2 rings (SSSR count). The molecular weight excluding hydrogens is 300 g/mol. The van der Waals surface area contributed by atoms with E-state index in [-0.39, 0.29) is 18.0 Å². The Morgan fingerprint density at radius 2 is 2.25 bits per heavy atom. The zero-order chi connectivity index (χ0) is 14.6. The number of sulfonamides is 1. The van der Waals surface area contributed by atoms with Gasteiger partial charge in [-0.15, -0.1) is 11.3 Å². The molecular formula is C12H14N2O4S2. The van der Waals surface area contributed by atoms with Crippen molar-refractivity contribution in [2.45, 2.75) is 18.0 Å². The Morgan fingerprint density at radius 3 is 2.95 bits per heavy atom. The lowest BCUT2D eigenvalue weighted by molar-refractivity contribution is 0.282. The van der Waals surface area contributed by atoms with E-state index in [0.29, 0.717) is 10.8 Å². The van der Waals surface area contributed by atoms with Crippen LogP contribution in [0.3, 0.4) is 0 Å². The van der Waals surface area contributed by atoms with Crippen LogP contribution in [-0.4, -0.2) is 25.6 Å². The van der Waals surface area contributed by atoms with E-state index in [1.807, 2.05) is 0 Å². The number of hydrogen-bond donors (Lipinski definition) is 2. The van der Waals surface area contributed by atoms with Crippen LogP contribution in [0.4, 0.5) is 0 Å². The number of hydrogen-bond acceptors (Lipinski definition) is 6. The Balaban J connectivity index is 2.13. The maximum atomic E-state index is 12.1. The summed E-state index contributed by atoms with van der Waals surface area (Å²) in [6.07, 6.45) is 1.55. The van der Waals surface area contributed by atoms with Gasteiger partial charge >= 0.3 is 0 Å². The highest BCUT2D eigenvalue weighted by Gasteiger charge is 2.19. The number of nitrogens with one attached hydrogen (secondary N) is 1. The van der Waals surface area contributed by atoms with Crippen molar-refractivity contribution in [3.63, 3.8) is 0 Å². The lowest BCUT2D eigenvalue weighted by atomic mass is 10.3. The molecule has 0 saturated heterocycles. The van der Waals surface area contributed by atoms with Crippen molar-refractivity contribution in [3.8, 4) is 5.88 Å². The number of methoxy groups -OCH3 is 1. The predicted octanol–water partition coefficient (Wildman–Crippen LogP) is 1.12. The SMILES string of the molecule is COc1cc(CNS(=O)(=O)c2ccsc2CO)ccn1. The topological polar surface area (TPSA) is 88.5 Å². The molecule has 0 bridgehead atoms. The Morgan fingerprint density at radius 1 is 1.45 bits per heavy atom. The summed E-state index contributed by atoms with van der Waals surface area (Å²) in [6.45, 7) is -0.168. The summed E-state index contributed by atoms with van der Waals surface area (Å²) in [5.74, 6) is 0.424. The fraction of sp³-hybridized carbons (Fsp3) is 0.250. The average molecular weight is 314 g/mol. The van der Waals surface area contributed by atoms with Crippen molar-refractivity contribution in [1.29, 1.82) is 0 Å². The van der Waals surface area contributed by atoms with E-state index in [1.165, 1.54) is 24.5 Å². The third-order valence-electron chi connectivity index (χ3n) is 2.61. The van der Waals surface area contributed by atoms with E-state index in [2.05, 4.69) is 9.71 Å². The van der Waals surface area contributed by atoms with Crippen molar-refractivity contribution >= 4 is 21.4 Å². The monoisotopic (exact) mass is 314 g/mol. The number of thiophene rings is 1. The quantitative estimate of drug-likeness (QED) is 0.834. The van der Waals surface area contributed by atoms with Crippen LogP contribution in [0.5, 0.6) is 5.88 Å². The molecule has 0 aliphatic heterocycles. The van der Waals surface area contributed by atoms with Crippen LogP contribution in [0.15, 0.2) is 34.7 Å². The molecule has 2 heterocycles. The first-order valence-corrected chi connectivity index (χ1v) is 8.09. The summed E-state index contributed by atoms with van der Waals surface area (Å²) in [4.78, 5) is 4.49. The minimum absolute atomic E-state index is 0.117. The summed E-state index contributed by atoms with van der Waals surface area (Å²) in [5, 5.41) is 10.8. The van der Waals surface area contributed by atoms with Gasteiger partial charge in [0.15, 0.2) is 0 Å². The van der Waals surface area contributed by atoms with Crippen molar-refractivity contribution in [2.75, 3.05) is 7.11 Å². The first kappa shape index (κ1) is 14.9. The molecule has 8 heteroatoms. The lowest BCUT2D eigenvalue weighted by Gasteiger charge is -2.07. The predicted molar refractivity (Wildman–Crippen MR) is 75.1 cm³/mol. The summed E-state index contributed by atoms with van der Waals surface area (Å²) in [6, 6.07) is 4.83. The zero-order valence-corrected chi connectivity index (χ0v) is 12.4. The molecule has 20 heavy (non-hydrogen) atoms. The van der Waals surface area contributed by atoms with Gasteiger partial charge in [0.25, 0.3) is 0 Å². The van der Waals surface area contributed by atoms with Crippen molar-refractivity contribution in [3.05, 3.63) is 40.2 Å². The van der Waals surface area contributed by atoms with Crippen LogP contribution < -0.4 is 9.46 Å². The molecule has 0 spiro atoms. The molecule has 0 saturated carbocycles. The molecule has 0 atom stereocenters. The van der Waals surface area contributed by atoms with Gasteiger partial charge in [-0.1, -0.05) is 0 Å². The summed E-state index contributed by atoms with van der Waals surface area (Å²) in [7, 11) is -2.14. The highest BCUT2D eigenvalue weighted by Crippen LogP contribution is 2.22. The van der Waals surface area contributed by atoms with Crippen molar-refractivity contribution in [1.82, 2.24) is 9.71 Å². The number of aliphatic hydroxyl groups excluding tert-OH is 1. The Kier molecular flexibility index (Phi) is 4.71. The van der Waals surface area contributed by atoms with Crippen LogP contribution in [0.2, 0.25) is 0 Å². The molecule has 0 aromatic carbocycles. The Labute approximate surface area is 121 Å². The molecule has 2 aromatic rings. The van der Waals surface area contributed by atoms with E-state index >= 15 is 0 Å². The fourth-order valence-electron chi connectivity index (χ4n) is 1.61. The van der Waals surface area contributed by atoms with Gasteiger partial charge in [-0.3, -0.25) is 0 Å². The van der Waals surface area contributed by atoms with Crippen molar-refractivity contribution < 1.29 is 18.3 Å². The van der Waals surface area contributed by atoms with E-state index in [4.69, 9.17) is 9.84 Å². The van der Waals surface area contributed by atoms with E-state index < -0.39 is 10.0 Å². The Bertz CT molecular complexity index is 682. The van der Waals surface area contributed by atoms with Gasteiger partial charge in [-0.05, 0) is 23.1 Å². The van der Waals surface area contributed by atoms with Gasteiger partial charge in [-0.2, -0.15) is 0 Å². The maximum Gasteiger partial charge on any atom is 0.242 e. The lowest BCUT2D eigenvalue weighted by Crippen LogP contribution is -2.23. The minimum atomic E-state index is -3.64. The second kappa shape index (κ2) is 6.31. The number of aliphatic hydroxyl groups is 1. The van der Waals surface area contributed by atoms with Gasteiger partial charge in [0.05, 0.1) is 18.6 Å². The molecule has 6 nitrogen and oxygen atoms in total. The molecule has 2 N–H and O–H groups in total. The molecule has 0 fully saturated rings. The molecule has 0 aliphatic carbocycles. The van der Waals surface area contributed by atoms with E-state index in [9.17, 15) is 8.42 Å².